The molecule has 0 aliphatic carbocycles. The maximum Gasteiger partial charge on any atom is 0.406 e. The predicted molar refractivity (Wildman–Crippen MR) is 115 cm³/mol. The molecular formula is C23H26F3N3O4. The molecule has 0 fully saturated rings. The third-order valence-electron chi connectivity index (χ3n) is 5.24. The fourth-order valence-electron chi connectivity index (χ4n) is 3.67. The molecule has 0 radical (unpaired) electrons. The zero-order chi connectivity index (χ0) is 23.8. The lowest BCUT2D eigenvalue weighted by molar-refractivity contribution is -0.165. The highest BCUT2D eigenvalue weighted by Gasteiger charge is 2.38. The van der Waals surface area contributed by atoms with E-state index in [0.717, 1.165) is 10.7 Å². The number of rotatable bonds is 9. The maximum absolute atomic E-state index is 13.1. The van der Waals surface area contributed by atoms with Crippen LogP contribution in [-0.4, -0.2) is 54.7 Å². The lowest BCUT2D eigenvalue weighted by Gasteiger charge is -2.25. The smallest absolute Gasteiger partial charge is 0.406 e. The van der Waals surface area contributed by atoms with Gasteiger partial charge >= 0.3 is 12.1 Å². The van der Waals surface area contributed by atoms with Crippen LogP contribution in [0.2, 0.25) is 0 Å². The van der Waals surface area contributed by atoms with Crippen LogP contribution in [0, 0.1) is 5.92 Å². The standard InChI is InChI=1S/C23H26F3N3O4/c1-32-21(30)13-17-11-16-6-7-19(33-10-4-9-28-20-5-2-3-8-27-20)12-18(16)14-29(22(17)31)15-23(24,25)26/h2-3,5-8,12,17H,4,9-11,13-15H2,1H3,(H,27,28)/t17-/m1/s1. The van der Waals surface area contributed by atoms with Crippen molar-refractivity contribution in [1.82, 2.24) is 9.88 Å². The van der Waals surface area contributed by atoms with Crippen molar-refractivity contribution in [3.8, 4) is 5.75 Å². The molecule has 10 heteroatoms. The first-order valence-corrected chi connectivity index (χ1v) is 10.6. The maximum atomic E-state index is 13.1. The third-order valence-corrected chi connectivity index (χ3v) is 5.24. The van der Waals surface area contributed by atoms with Crippen LogP contribution >= 0.6 is 0 Å². The normalized spacial score (nSPS) is 16.1. The number of esters is 1. The molecule has 3 rings (SSSR count). The third kappa shape index (κ3) is 7.37. The Hall–Kier alpha value is -3.30. The molecule has 1 atom stereocenters. The van der Waals surface area contributed by atoms with Crippen molar-refractivity contribution >= 4 is 17.7 Å². The summed E-state index contributed by atoms with van der Waals surface area (Å²) in [6.07, 6.45) is -2.29. The number of pyridine rings is 1. The zero-order valence-electron chi connectivity index (χ0n) is 18.2. The SMILES string of the molecule is COC(=O)C[C@H]1Cc2ccc(OCCCNc3ccccn3)cc2CN(CC(F)(F)F)C1=O. The number of amides is 1. The largest absolute Gasteiger partial charge is 0.494 e. The lowest BCUT2D eigenvalue weighted by atomic mass is 9.94. The Kier molecular flexibility index (Phi) is 8.13. The summed E-state index contributed by atoms with van der Waals surface area (Å²) in [5.74, 6) is -0.985. The van der Waals surface area contributed by atoms with Crippen molar-refractivity contribution in [2.24, 2.45) is 5.92 Å². The van der Waals surface area contributed by atoms with Crippen LogP contribution in [0.5, 0.6) is 5.75 Å². The molecule has 1 aromatic carbocycles. The van der Waals surface area contributed by atoms with Gasteiger partial charge in [-0.3, -0.25) is 9.59 Å². The number of methoxy groups -OCH3 is 1. The van der Waals surface area contributed by atoms with Crippen molar-refractivity contribution in [1.29, 1.82) is 0 Å². The van der Waals surface area contributed by atoms with Crippen LogP contribution in [0.3, 0.4) is 0 Å². The van der Waals surface area contributed by atoms with Gasteiger partial charge in [-0.15, -0.1) is 0 Å². The van der Waals surface area contributed by atoms with Crippen molar-refractivity contribution in [3.63, 3.8) is 0 Å². The monoisotopic (exact) mass is 465 g/mol. The quantitative estimate of drug-likeness (QED) is 0.450. The van der Waals surface area contributed by atoms with E-state index in [1.807, 2.05) is 18.2 Å². The molecule has 0 bridgehead atoms. The number of anilines is 1. The van der Waals surface area contributed by atoms with Crippen LogP contribution in [-0.2, 0) is 27.3 Å². The number of carbonyl (C=O) groups excluding carboxylic acids is 2. The summed E-state index contributed by atoms with van der Waals surface area (Å²) in [5, 5.41) is 3.17. The summed E-state index contributed by atoms with van der Waals surface area (Å²) in [5.41, 5.74) is 1.29. The number of ether oxygens (including phenoxy) is 2. The molecule has 1 aromatic heterocycles. The van der Waals surface area contributed by atoms with Gasteiger partial charge in [0.2, 0.25) is 5.91 Å². The first kappa shape index (κ1) is 24.3. The molecule has 1 amide bonds. The summed E-state index contributed by atoms with van der Waals surface area (Å²) in [4.78, 5) is 29.4. The molecule has 2 heterocycles. The van der Waals surface area contributed by atoms with E-state index in [2.05, 4.69) is 15.0 Å². The molecule has 0 spiro atoms. The minimum Gasteiger partial charge on any atom is -0.494 e. The Balaban J connectivity index is 1.66. The van der Waals surface area contributed by atoms with Gasteiger partial charge in [-0.1, -0.05) is 12.1 Å². The average molecular weight is 465 g/mol. The fourth-order valence-corrected chi connectivity index (χ4v) is 3.67. The first-order chi connectivity index (χ1) is 15.7. The molecule has 1 aliphatic heterocycles. The highest BCUT2D eigenvalue weighted by molar-refractivity contribution is 5.84. The van der Waals surface area contributed by atoms with Crippen LogP contribution < -0.4 is 10.1 Å². The number of hydrogen-bond acceptors (Lipinski definition) is 6. The van der Waals surface area contributed by atoms with Crippen molar-refractivity contribution in [2.75, 3.05) is 32.1 Å². The van der Waals surface area contributed by atoms with Crippen molar-refractivity contribution < 1.29 is 32.2 Å². The Morgan fingerprint density at radius 1 is 1.24 bits per heavy atom. The predicted octanol–water partition coefficient (Wildman–Crippen LogP) is 3.59. The highest BCUT2D eigenvalue weighted by Crippen LogP contribution is 2.30. The van der Waals surface area contributed by atoms with E-state index >= 15 is 0 Å². The van der Waals surface area contributed by atoms with E-state index in [1.54, 1.807) is 24.4 Å². The molecule has 33 heavy (non-hydrogen) atoms. The molecule has 7 nitrogen and oxygen atoms in total. The molecule has 0 unspecified atom stereocenters. The molecule has 1 N–H and O–H groups in total. The van der Waals surface area contributed by atoms with Gasteiger partial charge in [-0.2, -0.15) is 13.2 Å². The number of nitrogens with zero attached hydrogens (tertiary/aromatic N) is 2. The van der Waals surface area contributed by atoms with E-state index in [-0.39, 0.29) is 19.4 Å². The van der Waals surface area contributed by atoms with E-state index in [4.69, 9.17) is 4.74 Å². The van der Waals surface area contributed by atoms with Gasteiger partial charge in [0.05, 0.1) is 26.1 Å². The summed E-state index contributed by atoms with van der Waals surface area (Å²) >= 11 is 0. The van der Waals surface area contributed by atoms with Gasteiger partial charge in [0.25, 0.3) is 0 Å². The summed E-state index contributed by atoms with van der Waals surface area (Å²) < 4.78 is 49.7. The molecule has 1 aliphatic rings. The number of nitrogens with one attached hydrogen (secondary N) is 1. The van der Waals surface area contributed by atoms with E-state index in [0.29, 0.717) is 36.4 Å². The van der Waals surface area contributed by atoms with Crippen molar-refractivity contribution in [3.05, 3.63) is 53.7 Å². The van der Waals surface area contributed by atoms with Gasteiger partial charge in [0.1, 0.15) is 18.1 Å². The number of fused-ring (bicyclic) bond motifs is 1. The second-order valence-corrected chi connectivity index (χ2v) is 7.77. The van der Waals surface area contributed by atoms with Crippen LogP contribution in [0.4, 0.5) is 19.0 Å². The first-order valence-electron chi connectivity index (χ1n) is 10.6. The lowest BCUT2D eigenvalue weighted by Crippen LogP contribution is -2.41. The average Bonchev–Trinajstić information content (AvgIpc) is 2.89. The summed E-state index contributed by atoms with van der Waals surface area (Å²) in [6, 6.07) is 10.7. The number of benzene rings is 1. The highest BCUT2D eigenvalue weighted by atomic mass is 19.4. The second kappa shape index (κ2) is 11.0. The number of halogens is 3. The van der Waals surface area contributed by atoms with Gasteiger partial charge in [-0.05, 0) is 48.2 Å². The molecule has 0 saturated carbocycles. The zero-order valence-corrected chi connectivity index (χ0v) is 18.2. The van der Waals surface area contributed by atoms with Gasteiger partial charge in [0.15, 0.2) is 0 Å². The van der Waals surface area contributed by atoms with E-state index in [1.165, 1.54) is 7.11 Å². The van der Waals surface area contributed by atoms with Crippen LogP contribution in [0.15, 0.2) is 42.6 Å². The molecular weight excluding hydrogens is 439 g/mol. The minimum absolute atomic E-state index is 0.159. The van der Waals surface area contributed by atoms with Crippen LogP contribution in [0.1, 0.15) is 24.0 Å². The van der Waals surface area contributed by atoms with Gasteiger partial charge in [0, 0.05) is 19.3 Å². The topological polar surface area (TPSA) is 80.8 Å². The molecule has 2 aromatic rings. The fraction of sp³-hybridized carbons (Fsp3) is 0.435. The van der Waals surface area contributed by atoms with Crippen LogP contribution in [0.25, 0.3) is 0 Å². The second-order valence-electron chi connectivity index (χ2n) is 7.77. The molecule has 178 valence electrons. The van der Waals surface area contributed by atoms with Crippen molar-refractivity contribution in [2.45, 2.75) is 32.0 Å². The Bertz CT molecular complexity index is 954. The number of hydrogen-bond donors (Lipinski definition) is 1. The number of carbonyl (C=O) groups is 2. The Labute approximate surface area is 189 Å². The molecule has 0 saturated heterocycles. The van der Waals surface area contributed by atoms with Gasteiger partial charge < -0.3 is 19.7 Å². The Morgan fingerprint density at radius 3 is 2.76 bits per heavy atom. The summed E-state index contributed by atoms with van der Waals surface area (Å²) in [7, 11) is 1.18. The van der Waals surface area contributed by atoms with E-state index in [9.17, 15) is 22.8 Å². The Morgan fingerprint density at radius 2 is 2.06 bits per heavy atom. The summed E-state index contributed by atoms with van der Waals surface area (Å²) in [6.45, 7) is -0.545. The minimum atomic E-state index is -4.55. The van der Waals surface area contributed by atoms with Gasteiger partial charge in [-0.25, -0.2) is 4.98 Å². The number of alkyl halides is 3. The van der Waals surface area contributed by atoms with E-state index < -0.39 is 30.5 Å². The number of aromatic nitrogens is 1.